The number of piperidine rings is 1. The summed E-state index contributed by atoms with van der Waals surface area (Å²) in [5.74, 6) is 0.274. The molecule has 1 aliphatic heterocycles. The molecule has 0 atom stereocenters. The Morgan fingerprint density at radius 2 is 2.08 bits per heavy atom. The highest BCUT2D eigenvalue weighted by molar-refractivity contribution is 9.10. The Labute approximate surface area is 157 Å². The Balaban J connectivity index is 1.66. The van der Waals surface area contributed by atoms with E-state index in [-0.39, 0.29) is 17.5 Å². The maximum absolute atomic E-state index is 11.3. The number of ether oxygens (including phenoxy) is 1. The van der Waals surface area contributed by atoms with Crippen LogP contribution in [-0.2, 0) is 0 Å². The second-order valence-electron chi connectivity index (χ2n) is 5.80. The lowest BCUT2D eigenvalue weighted by Gasteiger charge is -2.32. The molecular weight excluding hydrogens is 406 g/mol. The molecule has 2 aromatic heterocycles. The van der Waals surface area contributed by atoms with Crippen molar-refractivity contribution in [3.05, 3.63) is 50.9 Å². The average molecular weight is 422 g/mol. The van der Waals surface area contributed by atoms with Gasteiger partial charge >= 0.3 is 5.69 Å². The summed E-state index contributed by atoms with van der Waals surface area (Å²) in [5.41, 5.74) is 5.34. The van der Waals surface area contributed by atoms with E-state index in [1.807, 2.05) is 4.90 Å². The fourth-order valence-electron chi connectivity index (χ4n) is 2.80. The number of primary amides is 1. The van der Waals surface area contributed by atoms with Crippen molar-refractivity contribution >= 4 is 33.3 Å². The summed E-state index contributed by atoms with van der Waals surface area (Å²) in [6, 6.07) is 4.63. The van der Waals surface area contributed by atoms with Gasteiger partial charge in [0, 0.05) is 54.9 Å². The second kappa shape index (κ2) is 7.65. The van der Waals surface area contributed by atoms with Crippen molar-refractivity contribution < 1.29 is 14.5 Å². The van der Waals surface area contributed by atoms with Crippen molar-refractivity contribution in [1.29, 1.82) is 0 Å². The molecule has 10 heteroatoms. The fraction of sp³-hybridized carbons (Fsp3) is 0.312. The van der Waals surface area contributed by atoms with E-state index in [4.69, 9.17) is 10.5 Å². The third kappa shape index (κ3) is 4.07. The number of amides is 1. The second-order valence-corrected chi connectivity index (χ2v) is 6.71. The van der Waals surface area contributed by atoms with Crippen LogP contribution in [0.4, 0.5) is 11.5 Å². The van der Waals surface area contributed by atoms with Crippen LogP contribution in [0.25, 0.3) is 0 Å². The number of hydrogen-bond acceptors (Lipinski definition) is 7. The highest BCUT2D eigenvalue weighted by Crippen LogP contribution is 2.31. The number of anilines is 1. The number of nitrogens with zero attached hydrogens (tertiary/aromatic N) is 4. The van der Waals surface area contributed by atoms with Crippen LogP contribution in [0.3, 0.4) is 0 Å². The molecule has 0 unspecified atom stereocenters. The summed E-state index contributed by atoms with van der Waals surface area (Å²) in [5, 5.41) is 11.3. The van der Waals surface area contributed by atoms with E-state index in [9.17, 15) is 14.9 Å². The van der Waals surface area contributed by atoms with Gasteiger partial charge in [-0.25, -0.2) is 4.98 Å². The number of nitro groups is 1. The van der Waals surface area contributed by atoms with Crippen LogP contribution in [0.5, 0.6) is 5.75 Å². The Morgan fingerprint density at radius 1 is 1.35 bits per heavy atom. The van der Waals surface area contributed by atoms with Crippen LogP contribution in [0.1, 0.15) is 23.3 Å². The summed E-state index contributed by atoms with van der Waals surface area (Å²) in [4.78, 5) is 32.0. The molecule has 136 valence electrons. The molecule has 0 aromatic carbocycles. The molecule has 1 aliphatic rings. The van der Waals surface area contributed by atoms with Crippen LogP contribution >= 0.6 is 15.9 Å². The van der Waals surface area contributed by atoms with Gasteiger partial charge < -0.3 is 15.4 Å². The highest BCUT2D eigenvalue weighted by Gasteiger charge is 2.27. The maximum atomic E-state index is 11.3. The number of carbonyl (C=O) groups is 1. The largest absolute Gasteiger partial charge is 0.490 e. The molecule has 1 amide bonds. The van der Waals surface area contributed by atoms with Crippen LogP contribution in [0.15, 0.2) is 35.1 Å². The molecule has 3 heterocycles. The van der Waals surface area contributed by atoms with Crippen molar-refractivity contribution in [2.24, 2.45) is 5.73 Å². The molecule has 26 heavy (non-hydrogen) atoms. The molecule has 0 saturated carbocycles. The molecule has 2 aromatic rings. The molecule has 0 aliphatic carbocycles. The van der Waals surface area contributed by atoms with E-state index < -0.39 is 10.8 Å². The van der Waals surface area contributed by atoms with Crippen molar-refractivity contribution in [3.8, 4) is 5.75 Å². The lowest BCUT2D eigenvalue weighted by Crippen LogP contribution is -2.39. The molecule has 3 rings (SSSR count). The summed E-state index contributed by atoms with van der Waals surface area (Å²) in [6.07, 6.45) is 4.29. The van der Waals surface area contributed by atoms with E-state index in [1.165, 1.54) is 18.3 Å². The molecule has 1 saturated heterocycles. The number of nitrogens with two attached hydrogens (primary N) is 1. The molecule has 9 nitrogen and oxygen atoms in total. The van der Waals surface area contributed by atoms with Crippen LogP contribution in [0, 0.1) is 10.1 Å². The summed E-state index contributed by atoms with van der Waals surface area (Å²) in [6.45, 7) is 1.15. The Bertz CT molecular complexity index is 839. The summed E-state index contributed by atoms with van der Waals surface area (Å²) < 4.78 is 6.45. The Morgan fingerprint density at radius 3 is 2.73 bits per heavy atom. The van der Waals surface area contributed by atoms with Gasteiger partial charge in [-0.3, -0.25) is 19.9 Å². The first-order valence-electron chi connectivity index (χ1n) is 7.91. The number of pyridine rings is 2. The molecule has 0 bridgehead atoms. The highest BCUT2D eigenvalue weighted by atomic mass is 79.9. The third-order valence-corrected chi connectivity index (χ3v) is 4.47. The van der Waals surface area contributed by atoms with Crippen molar-refractivity contribution in [1.82, 2.24) is 9.97 Å². The quantitative estimate of drug-likeness (QED) is 0.579. The summed E-state index contributed by atoms with van der Waals surface area (Å²) >= 11 is 3.21. The first-order chi connectivity index (χ1) is 12.4. The van der Waals surface area contributed by atoms with Crippen LogP contribution in [0.2, 0.25) is 0 Å². The molecular formula is C16H16BrN5O4. The number of hydrogen-bond donors (Lipinski definition) is 1. The van der Waals surface area contributed by atoms with Gasteiger partial charge in [-0.2, -0.15) is 0 Å². The normalized spacial score (nSPS) is 14.9. The zero-order chi connectivity index (χ0) is 18.7. The molecule has 0 spiro atoms. The topological polar surface area (TPSA) is 124 Å². The third-order valence-electron chi connectivity index (χ3n) is 4.04. The zero-order valence-corrected chi connectivity index (χ0v) is 15.3. The smallest absolute Gasteiger partial charge is 0.312 e. The number of halogens is 1. The van der Waals surface area contributed by atoms with Gasteiger partial charge in [0.15, 0.2) is 0 Å². The molecule has 2 N–H and O–H groups in total. The van der Waals surface area contributed by atoms with E-state index in [2.05, 4.69) is 25.9 Å². The van der Waals surface area contributed by atoms with E-state index in [0.717, 1.165) is 0 Å². The van der Waals surface area contributed by atoms with Gasteiger partial charge in [-0.05, 0) is 22.0 Å². The average Bonchev–Trinajstić information content (AvgIpc) is 2.62. The fourth-order valence-corrected chi connectivity index (χ4v) is 3.12. The minimum atomic E-state index is -0.612. The van der Waals surface area contributed by atoms with Gasteiger partial charge in [0.25, 0.3) is 5.91 Å². The minimum Gasteiger partial charge on any atom is -0.490 e. The predicted molar refractivity (Wildman–Crippen MR) is 97.2 cm³/mol. The van der Waals surface area contributed by atoms with Gasteiger partial charge in [0.05, 0.1) is 4.92 Å². The standard InChI is InChI=1S/C16H16BrN5O4/c17-10-7-14(22(24)25)16(20-9-10)21-5-2-11(3-6-21)26-12-1-4-19-13(8-12)15(18)23/h1,4,7-9,11H,2-3,5-6H2,(H2,18,23). The van der Waals surface area contributed by atoms with Crippen molar-refractivity contribution in [2.45, 2.75) is 18.9 Å². The Kier molecular flexibility index (Phi) is 5.31. The summed E-state index contributed by atoms with van der Waals surface area (Å²) in [7, 11) is 0. The molecule has 0 radical (unpaired) electrons. The Hall–Kier alpha value is -2.75. The SMILES string of the molecule is NC(=O)c1cc(OC2CCN(c3ncc(Br)cc3[N+](=O)[O-])CC2)ccn1. The zero-order valence-electron chi connectivity index (χ0n) is 13.7. The van der Waals surface area contributed by atoms with Crippen LogP contribution in [-0.4, -0.2) is 40.0 Å². The number of rotatable bonds is 5. The van der Waals surface area contributed by atoms with Gasteiger partial charge in [-0.15, -0.1) is 0 Å². The predicted octanol–water partition coefficient (Wildman–Crippen LogP) is 2.29. The minimum absolute atomic E-state index is 0.0287. The van der Waals surface area contributed by atoms with E-state index >= 15 is 0 Å². The number of carbonyl (C=O) groups excluding carboxylic acids is 1. The van der Waals surface area contributed by atoms with Gasteiger partial charge in [0.1, 0.15) is 17.5 Å². The first-order valence-corrected chi connectivity index (χ1v) is 8.70. The van der Waals surface area contributed by atoms with E-state index in [1.54, 1.807) is 12.3 Å². The van der Waals surface area contributed by atoms with Crippen LogP contribution < -0.4 is 15.4 Å². The van der Waals surface area contributed by atoms with Gasteiger partial charge in [-0.1, -0.05) is 0 Å². The van der Waals surface area contributed by atoms with Crippen molar-refractivity contribution in [3.63, 3.8) is 0 Å². The maximum Gasteiger partial charge on any atom is 0.312 e. The molecule has 1 fully saturated rings. The number of aromatic nitrogens is 2. The first kappa shape index (κ1) is 18.1. The van der Waals surface area contributed by atoms with Crippen molar-refractivity contribution in [2.75, 3.05) is 18.0 Å². The lowest BCUT2D eigenvalue weighted by atomic mass is 10.1. The lowest BCUT2D eigenvalue weighted by molar-refractivity contribution is -0.384. The monoisotopic (exact) mass is 421 g/mol. The van der Waals surface area contributed by atoms with Gasteiger partial charge in [0.2, 0.25) is 5.82 Å². The van der Waals surface area contributed by atoms with E-state index in [0.29, 0.717) is 42.0 Å².